The second-order valence-corrected chi connectivity index (χ2v) is 4.40. The molecule has 1 aliphatic rings. The van der Waals surface area contributed by atoms with E-state index in [1.807, 2.05) is 6.21 Å². The highest BCUT2D eigenvalue weighted by Crippen LogP contribution is 2.23. The minimum absolute atomic E-state index is 0.0924. The molecular formula is C8H14N2S. The van der Waals surface area contributed by atoms with E-state index in [2.05, 4.69) is 37.1 Å². The SMILES string of the molecule is CC(C)C1=NC(C)(C)C=NS1. The van der Waals surface area contributed by atoms with Crippen molar-refractivity contribution < 1.29 is 0 Å². The van der Waals surface area contributed by atoms with E-state index in [1.165, 1.54) is 11.9 Å². The van der Waals surface area contributed by atoms with Gasteiger partial charge >= 0.3 is 0 Å². The van der Waals surface area contributed by atoms with Gasteiger partial charge in [-0.1, -0.05) is 13.8 Å². The average Bonchev–Trinajstić information content (AvgIpc) is 1.85. The van der Waals surface area contributed by atoms with Crippen molar-refractivity contribution in [2.75, 3.05) is 0 Å². The molecule has 0 bridgehead atoms. The lowest BCUT2D eigenvalue weighted by Crippen LogP contribution is -2.24. The van der Waals surface area contributed by atoms with E-state index in [1.54, 1.807) is 0 Å². The first-order valence-electron chi connectivity index (χ1n) is 3.82. The Kier molecular flexibility index (Phi) is 2.37. The standard InChI is InChI=1S/C8H14N2S/c1-6(2)7-10-8(3,4)5-9-11-7/h5-6H,1-4H3. The summed E-state index contributed by atoms with van der Waals surface area (Å²) in [4.78, 5) is 4.54. The Morgan fingerprint density at radius 1 is 1.45 bits per heavy atom. The van der Waals surface area contributed by atoms with Crippen LogP contribution in [0.3, 0.4) is 0 Å². The summed E-state index contributed by atoms with van der Waals surface area (Å²) in [6.07, 6.45) is 1.89. The van der Waals surface area contributed by atoms with Crippen LogP contribution in [0.4, 0.5) is 0 Å². The predicted octanol–water partition coefficient (Wildman–Crippen LogP) is 2.55. The smallest absolute Gasteiger partial charge is 0.0940 e. The van der Waals surface area contributed by atoms with Gasteiger partial charge in [0.1, 0.15) is 0 Å². The van der Waals surface area contributed by atoms with Gasteiger partial charge in [-0.15, -0.1) is 0 Å². The van der Waals surface area contributed by atoms with Gasteiger partial charge in [-0.2, -0.15) is 0 Å². The molecule has 0 saturated carbocycles. The molecule has 0 N–H and O–H groups in total. The van der Waals surface area contributed by atoms with Gasteiger partial charge in [0.05, 0.1) is 10.6 Å². The Morgan fingerprint density at radius 3 is 2.45 bits per heavy atom. The fourth-order valence-corrected chi connectivity index (χ4v) is 1.68. The van der Waals surface area contributed by atoms with Crippen LogP contribution in [0.2, 0.25) is 0 Å². The topological polar surface area (TPSA) is 24.7 Å². The molecular weight excluding hydrogens is 156 g/mol. The van der Waals surface area contributed by atoms with Crippen LogP contribution >= 0.6 is 11.9 Å². The van der Waals surface area contributed by atoms with Crippen LogP contribution in [0.1, 0.15) is 27.7 Å². The molecule has 62 valence electrons. The Bertz CT molecular complexity index is 204. The molecule has 0 radical (unpaired) electrons. The minimum Gasteiger partial charge on any atom is -0.269 e. The normalized spacial score (nSPS) is 22.1. The second-order valence-electron chi connectivity index (χ2n) is 3.58. The lowest BCUT2D eigenvalue weighted by molar-refractivity contribution is 0.707. The fourth-order valence-electron chi connectivity index (χ4n) is 0.777. The molecule has 0 amide bonds. The van der Waals surface area contributed by atoms with Crippen LogP contribution in [0.25, 0.3) is 0 Å². The van der Waals surface area contributed by atoms with E-state index >= 15 is 0 Å². The maximum Gasteiger partial charge on any atom is 0.0940 e. The first-order chi connectivity index (χ1) is 5.01. The molecule has 1 rings (SSSR count). The van der Waals surface area contributed by atoms with Gasteiger partial charge in [0.2, 0.25) is 0 Å². The van der Waals surface area contributed by atoms with Crippen molar-refractivity contribution in [3.05, 3.63) is 0 Å². The predicted molar refractivity (Wildman–Crippen MR) is 52.4 cm³/mol. The molecule has 0 aromatic rings. The van der Waals surface area contributed by atoms with Gasteiger partial charge in [0.25, 0.3) is 0 Å². The van der Waals surface area contributed by atoms with E-state index in [4.69, 9.17) is 0 Å². The highest BCUT2D eigenvalue weighted by molar-refractivity contribution is 8.13. The molecule has 0 unspecified atom stereocenters. The van der Waals surface area contributed by atoms with E-state index in [9.17, 15) is 0 Å². The zero-order valence-electron chi connectivity index (χ0n) is 7.46. The van der Waals surface area contributed by atoms with Crippen molar-refractivity contribution in [3.8, 4) is 0 Å². The summed E-state index contributed by atoms with van der Waals surface area (Å²) < 4.78 is 4.19. The van der Waals surface area contributed by atoms with Crippen molar-refractivity contribution in [3.63, 3.8) is 0 Å². The summed E-state index contributed by atoms with van der Waals surface area (Å²) in [6.45, 7) is 8.42. The highest BCUT2D eigenvalue weighted by Gasteiger charge is 2.20. The van der Waals surface area contributed by atoms with Crippen LogP contribution in [-0.2, 0) is 0 Å². The van der Waals surface area contributed by atoms with E-state index in [-0.39, 0.29) is 5.54 Å². The molecule has 0 atom stereocenters. The quantitative estimate of drug-likeness (QED) is 0.555. The molecule has 0 saturated heterocycles. The number of hydrogen-bond acceptors (Lipinski definition) is 3. The molecule has 1 aliphatic heterocycles. The molecule has 0 spiro atoms. The zero-order valence-corrected chi connectivity index (χ0v) is 8.27. The zero-order chi connectivity index (χ0) is 8.48. The Hall–Kier alpha value is -0.310. The van der Waals surface area contributed by atoms with Crippen LogP contribution in [-0.4, -0.2) is 16.8 Å². The lowest BCUT2D eigenvalue weighted by atomic mass is 10.1. The van der Waals surface area contributed by atoms with Crippen LogP contribution < -0.4 is 0 Å². The van der Waals surface area contributed by atoms with Crippen LogP contribution in [0.5, 0.6) is 0 Å². The third-order valence-electron chi connectivity index (χ3n) is 1.41. The lowest BCUT2D eigenvalue weighted by Gasteiger charge is -2.20. The van der Waals surface area contributed by atoms with E-state index < -0.39 is 0 Å². The van der Waals surface area contributed by atoms with E-state index in [0.717, 1.165) is 5.04 Å². The summed E-state index contributed by atoms with van der Waals surface area (Å²) in [5.74, 6) is 0.497. The largest absolute Gasteiger partial charge is 0.269 e. The molecule has 1 heterocycles. The first kappa shape index (κ1) is 8.78. The van der Waals surface area contributed by atoms with Gasteiger partial charge < -0.3 is 0 Å². The van der Waals surface area contributed by atoms with Crippen LogP contribution in [0, 0.1) is 5.92 Å². The molecule has 0 fully saturated rings. The third-order valence-corrected chi connectivity index (χ3v) is 2.37. The number of rotatable bonds is 1. The third kappa shape index (κ3) is 2.33. The van der Waals surface area contributed by atoms with Gasteiger partial charge in [-0.25, -0.2) is 4.40 Å². The monoisotopic (exact) mass is 170 g/mol. The Balaban J connectivity index is 2.78. The number of hydrogen-bond donors (Lipinski definition) is 0. The Morgan fingerprint density at radius 2 is 2.09 bits per heavy atom. The highest BCUT2D eigenvalue weighted by atomic mass is 32.2. The molecule has 0 aromatic heterocycles. The summed E-state index contributed by atoms with van der Waals surface area (Å²) >= 11 is 1.49. The first-order valence-corrected chi connectivity index (χ1v) is 4.60. The summed E-state index contributed by atoms with van der Waals surface area (Å²) in [5.41, 5.74) is -0.0924. The van der Waals surface area contributed by atoms with Gasteiger partial charge in [-0.3, -0.25) is 4.99 Å². The molecule has 0 aromatic carbocycles. The Labute approximate surface area is 72.3 Å². The molecule has 2 nitrogen and oxygen atoms in total. The summed E-state index contributed by atoms with van der Waals surface area (Å²) in [5, 5.41) is 1.14. The van der Waals surface area contributed by atoms with E-state index in [0.29, 0.717) is 5.92 Å². The van der Waals surface area contributed by atoms with Crippen LogP contribution in [0.15, 0.2) is 9.39 Å². The van der Waals surface area contributed by atoms with Crippen molar-refractivity contribution in [1.29, 1.82) is 0 Å². The molecule has 11 heavy (non-hydrogen) atoms. The summed E-state index contributed by atoms with van der Waals surface area (Å²) in [7, 11) is 0. The summed E-state index contributed by atoms with van der Waals surface area (Å²) in [6, 6.07) is 0. The van der Waals surface area contributed by atoms with Crippen molar-refractivity contribution in [1.82, 2.24) is 0 Å². The van der Waals surface area contributed by atoms with Gasteiger partial charge in [0, 0.05) is 24.1 Å². The van der Waals surface area contributed by atoms with Gasteiger partial charge in [0.15, 0.2) is 0 Å². The fraction of sp³-hybridized carbons (Fsp3) is 0.750. The van der Waals surface area contributed by atoms with Gasteiger partial charge in [-0.05, 0) is 13.8 Å². The van der Waals surface area contributed by atoms with Crippen molar-refractivity contribution in [2.45, 2.75) is 33.2 Å². The maximum absolute atomic E-state index is 4.54. The van der Waals surface area contributed by atoms with Crippen molar-refractivity contribution >= 4 is 23.2 Å². The average molecular weight is 170 g/mol. The molecule has 0 aliphatic carbocycles. The minimum atomic E-state index is -0.0924. The van der Waals surface area contributed by atoms with Crippen molar-refractivity contribution in [2.24, 2.45) is 15.3 Å². The number of aliphatic imine (C=N–C) groups is 1. The number of nitrogens with zero attached hydrogens (tertiary/aromatic N) is 2. The second kappa shape index (κ2) is 2.97. The molecule has 3 heteroatoms. The maximum atomic E-state index is 4.54.